The van der Waals surface area contributed by atoms with Gasteiger partial charge in [-0.15, -0.1) is 0 Å². The first-order chi connectivity index (χ1) is 8.34. The second-order valence-electron chi connectivity index (χ2n) is 3.76. The smallest absolute Gasteiger partial charge is 0.331 e. The maximum Gasteiger partial charge on any atom is 0.331 e. The molecule has 0 spiro atoms. The largest absolute Gasteiger partial charge is 0.478 e. The average molecular weight is 269 g/mol. The molecule has 0 amide bonds. The summed E-state index contributed by atoms with van der Waals surface area (Å²) in [4.78, 5) is 10.7. The van der Waals surface area contributed by atoms with Crippen LogP contribution in [0.3, 0.4) is 0 Å². The molecule has 0 aliphatic carbocycles. The third-order valence-corrected chi connectivity index (χ3v) is 3.57. The molecule has 0 saturated carbocycles. The number of rotatable bonds is 5. The lowest BCUT2D eigenvalue weighted by atomic mass is 10.1. The molecule has 18 heavy (non-hydrogen) atoms. The summed E-state index contributed by atoms with van der Waals surface area (Å²) in [6, 6.07) is 6.56. The Kier molecular flexibility index (Phi) is 4.49. The molecule has 1 rings (SSSR count). The summed E-state index contributed by atoms with van der Waals surface area (Å²) in [7, 11) is -3.32. The molecular weight excluding hydrogens is 254 g/mol. The van der Waals surface area contributed by atoms with Crippen LogP contribution in [0.1, 0.15) is 19.4 Å². The Morgan fingerprint density at radius 1 is 1.44 bits per heavy atom. The van der Waals surface area contributed by atoms with E-state index in [1.165, 1.54) is 13.0 Å². The molecule has 0 heterocycles. The quantitative estimate of drug-likeness (QED) is 0.800. The Labute approximate surface area is 106 Å². The van der Waals surface area contributed by atoms with E-state index in [-0.39, 0.29) is 11.3 Å². The summed E-state index contributed by atoms with van der Waals surface area (Å²) in [6.07, 6.45) is 1.48. The van der Waals surface area contributed by atoms with Gasteiger partial charge in [0.15, 0.2) is 0 Å². The molecule has 0 bridgehead atoms. The van der Waals surface area contributed by atoms with E-state index in [2.05, 4.69) is 4.72 Å². The molecule has 98 valence electrons. The SMILES string of the molecule is CCS(=O)(=O)Nc1cccc(/C=C(\C)C(=O)O)c1. The molecule has 0 aliphatic rings. The topological polar surface area (TPSA) is 83.5 Å². The number of hydrogen-bond acceptors (Lipinski definition) is 3. The van der Waals surface area contributed by atoms with Gasteiger partial charge < -0.3 is 5.11 Å². The van der Waals surface area contributed by atoms with E-state index in [4.69, 9.17) is 5.11 Å². The number of carboxylic acid groups (broad SMARTS) is 1. The van der Waals surface area contributed by atoms with Crippen molar-refractivity contribution in [2.24, 2.45) is 0 Å². The zero-order valence-electron chi connectivity index (χ0n) is 10.2. The van der Waals surface area contributed by atoms with Crippen LogP contribution in [-0.2, 0) is 14.8 Å². The van der Waals surface area contributed by atoms with E-state index in [9.17, 15) is 13.2 Å². The lowest BCUT2D eigenvalue weighted by Gasteiger charge is -2.06. The third kappa shape index (κ3) is 4.21. The molecule has 2 N–H and O–H groups in total. The highest BCUT2D eigenvalue weighted by molar-refractivity contribution is 7.92. The van der Waals surface area contributed by atoms with Crippen molar-refractivity contribution in [3.63, 3.8) is 0 Å². The van der Waals surface area contributed by atoms with Gasteiger partial charge in [-0.3, -0.25) is 4.72 Å². The van der Waals surface area contributed by atoms with Crippen molar-refractivity contribution in [2.45, 2.75) is 13.8 Å². The lowest BCUT2D eigenvalue weighted by Crippen LogP contribution is -2.14. The molecule has 0 aromatic heterocycles. The Morgan fingerprint density at radius 2 is 2.11 bits per heavy atom. The normalized spacial score (nSPS) is 12.2. The summed E-state index contributed by atoms with van der Waals surface area (Å²) < 4.78 is 25.2. The maximum absolute atomic E-state index is 11.4. The molecule has 5 nitrogen and oxygen atoms in total. The predicted octanol–water partition coefficient (Wildman–Crippen LogP) is 1.94. The summed E-state index contributed by atoms with van der Waals surface area (Å²) >= 11 is 0. The van der Waals surface area contributed by atoms with E-state index in [1.807, 2.05) is 0 Å². The number of benzene rings is 1. The fraction of sp³-hybridized carbons (Fsp3) is 0.250. The fourth-order valence-corrected chi connectivity index (χ4v) is 1.89. The average Bonchev–Trinajstić information content (AvgIpc) is 2.28. The highest BCUT2D eigenvalue weighted by Gasteiger charge is 2.07. The lowest BCUT2D eigenvalue weighted by molar-refractivity contribution is -0.132. The van der Waals surface area contributed by atoms with Crippen molar-refractivity contribution in [3.05, 3.63) is 35.4 Å². The van der Waals surface area contributed by atoms with Gasteiger partial charge in [0.05, 0.1) is 5.75 Å². The van der Waals surface area contributed by atoms with Gasteiger partial charge in [0.25, 0.3) is 0 Å². The number of aliphatic carboxylic acids is 1. The third-order valence-electron chi connectivity index (χ3n) is 2.26. The minimum atomic E-state index is -3.32. The second-order valence-corrected chi connectivity index (χ2v) is 5.77. The minimum absolute atomic E-state index is 0.0127. The standard InChI is InChI=1S/C12H15NO4S/c1-3-18(16,17)13-11-6-4-5-10(8-11)7-9(2)12(14)15/h4-8,13H,3H2,1-2H3,(H,14,15)/b9-7+. The first kappa shape index (κ1) is 14.2. The van der Waals surface area contributed by atoms with Crippen LogP contribution in [-0.4, -0.2) is 25.2 Å². The van der Waals surface area contributed by atoms with Crippen molar-refractivity contribution >= 4 is 27.8 Å². The number of carboxylic acids is 1. The van der Waals surface area contributed by atoms with Crippen LogP contribution in [0.4, 0.5) is 5.69 Å². The fourth-order valence-electron chi connectivity index (χ4n) is 1.26. The van der Waals surface area contributed by atoms with Crippen molar-refractivity contribution in [2.75, 3.05) is 10.5 Å². The molecule has 0 atom stereocenters. The zero-order valence-corrected chi connectivity index (χ0v) is 11.0. The van der Waals surface area contributed by atoms with E-state index in [0.717, 1.165) is 0 Å². The predicted molar refractivity (Wildman–Crippen MR) is 70.8 cm³/mol. The van der Waals surface area contributed by atoms with E-state index in [1.54, 1.807) is 31.2 Å². The minimum Gasteiger partial charge on any atom is -0.478 e. The second kappa shape index (κ2) is 5.68. The Bertz CT molecular complexity index is 575. The first-order valence-corrected chi connectivity index (χ1v) is 7.01. The molecule has 0 radical (unpaired) electrons. The highest BCUT2D eigenvalue weighted by Crippen LogP contribution is 2.15. The van der Waals surface area contributed by atoms with Gasteiger partial charge >= 0.3 is 5.97 Å². The van der Waals surface area contributed by atoms with Crippen molar-refractivity contribution in [3.8, 4) is 0 Å². The molecule has 0 aliphatic heterocycles. The van der Waals surface area contributed by atoms with Crippen LogP contribution >= 0.6 is 0 Å². The van der Waals surface area contributed by atoms with Gasteiger partial charge in [0, 0.05) is 11.3 Å². The molecule has 0 unspecified atom stereocenters. The van der Waals surface area contributed by atoms with Crippen molar-refractivity contribution in [1.29, 1.82) is 0 Å². The Hall–Kier alpha value is -1.82. The van der Waals surface area contributed by atoms with Gasteiger partial charge in [-0.2, -0.15) is 0 Å². The van der Waals surface area contributed by atoms with Crippen LogP contribution in [0.15, 0.2) is 29.8 Å². The van der Waals surface area contributed by atoms with Crippen LogP contribution in [0.2, 0.25) is 0 Å². The molecule has 0 fully saturated rings. The van der Waals surface area contributed by atoms with Crippen LogP contribution in [0.25, 0.3) is 6.08 Å². The summed E-state index contributed by atoms with van der Waals surface area (Å²) in [6.45, 7) is 3.02. The van der Waals surface area contributed by atoms with Gasteiger partial charge in [-0.1, -0.05) is 12.1 Å². The number of sulfonamides is 1. The number of anilines is 1. The van der Waals surface area contributed by atoms with Crippen LogP contribution in [0, 0.1) is 0 Å². The van der Waals surface area contributed by atoms with Crippen LogP contribution in [0.5, 0.6) is 0 Å². The van der Waals surface area contributed by atoms with Crippen LogP contribution < -0.4 is 4.72 Å². The summed E-state index contributed by atoms with van der Waals surface area (Å²) in [5.74, 6) is -1.02. The molecule has 0 saturated heterocycles. The zero-order chi connectivity index (χ0) is 13.8. The number of hydrogen-bond donors (Lipinski definition) is 2. The van der Waals surface area contributed by atoms with Gasteiger partial charge in [-0.25, -0.2) is 13.2 Å². The van der Waals surface area contributed by atoms with Gasteiger partial charge in [0.2, 0.25) is 10.0 Å². The summed E-state index contributed by atoms with van der Waals surface area (Å²) in [5.41, 5.74) is 1.24. The van der Waals surface area contributed by atoms with Gasteiger partial charge in [-0.05, 0) is 37.6 Å². The maximum atomic E-state index is 11.4. The monoisotopic (exact) mass is 269 g/mol. The Morgan fingerprint density at radius 3 is 2.67 bits per heavy atom. The van der Waals surface area contributed by atoms with Gasteiger partial charge in [0.1, 0.15) is 0 Å². The molecule has 6 heteroatoms. The molecule has 1 aromatic rings. The molecular formula is C12H15NO4S. The number of nitrogens with one attached hydrogen (secondary N) is 1. The van der Waals surface area contributed by atoms with E-state index in [0.29, 0.717) is 11.3 Å². The van der Waals surface area contributed by atoms with E-state index >= 15 is 0 Å². The van der Waals surface area contributed by atoms with Crippen molar-refractivity contribution < 1.29 is 18.3 Å². The Balaban J connectivity index is 3.00. The summed E-state index contributed by atoms with van der Waals surface area (Å²) in [5, 5.41) is 8.76. The molecule has 1 aromatic carbocycles. The first-order valence-electron chi connectivity index (χ1n) is 5.36. The highest BCUT2D eigenvalue weighted by atomic mass is 32.2. The number of carbonyl (C=O) groups is 1. The van der Waals surface area contributed by atoms with Crippen molar-refractivity contribution in [1.82, 2.24) is 0 Å². The van der Waals surface area contributed by atoms with E-state index < -0.39 is 16.0 Å².